The molecular weight excluding hydrogens is 476 g/mol. The zero-order chi connectivity index (χ0) is 24.9. The van der Waals surface area contributed by atoms with E-state index in [0.29, 0.717) is 25.3 Å². The molecule has 184 valence electrons. The highest BCUT2D eigenvalue weighted by atomic mass is 32.1. The minimum atomic E-state index is -1.45. The number of benzene rings is 1. The van der Waals surface area contributed by atoms with Gasteiger partial charge >= 0.3 is 6.03 Å². The van der Waals surface area contributed by atoms with Gasteiger partial charge in [-0.15, -0.1) is 11.3 Å². The van der Waals surface area contributed by atoms with Gasteiger partial charge in [0.05, 0.1) is 5.69 Å². The normalized spacial score (nSPS) is 26.0. The Bertz CT molecular complexity index is 1390. The van der Waals surface area contributed by atoms with Crippen LogP contribution in [0.5, 0.6) is 0 Å². The van der Waals surface area contributed by atoms with Crippen molar-refractivity contribution < 1.29 is 14.4 Å². The quantitative estimate of drug-likeness (QED) is 0.542. The van der Waals surface area contributed by atoms with E-state index >= 15 is 0 Å². The van der Waals surface area contributed by atoms with Gasteiger partial charge in [0.2, 0.25) is 5.91 Å². The number of nitrogens with zero attached hydrogens (tertiary/aromatic N) is 3. The smallest absolute Gasteiger partial charge is 0.312 e. The molecule has 0 unspecified atom stereocenters. The maximum atomic E-state index is 14.1. The number of para-hydroxylation sites is 1. The highest BCUT2D eigenvalue weighted by Crippen LogP contribution is 2.39. The zero-order valence-electron chi connectivity index (χ0n) is 19.6. The number of hydrogen-bond donors (Lipinski definition) is 1. The average Bonchev–Trinajstić information content (AvgIpc) is 3.37. The molecule has 1 aromatic carbocycles. The first-order valence-electron chi connectivity index (χ1n) is 12.1. The third kappa shape index (κ3) is 3.79. The van der Waals surface area contributed by atoms with Crippen LogP contribution >= 0.6 is 11.3 Å². The summed E-state index contributed by atoms with van der Waals surface area (Å²) in [6.07, 6.45) is 1.19. The third-order valence-electron chi connectivity index (χ3n) is 7.59. The van der Waals surface area contributed by atoms with Crippen LogP contribution in [-0.4, -0.2) is 46.9 Å². The predicted molar refractivity (Wildman–Crippen MR) is 136 cm³/mol. The molecule has 2 saturated heterocycles. The summed E-state index contributed by atoms with van der Waals surface area (Å²) < 4.78 is 1.87. The highest BCUT2D eigenvalue weighted by molar-refractivity contribution is 7.09. The molecular formula is C27H26N4O4S. The molecule has 0 aliphatic carbocycles. The van der Waals surface area contributed by atoms with Crippen molar-refractivity contribution in [3.63, 3.8) is 0 Å². The number of imide groups is 2. The van der Waals surface area contributed by atoms with Crippen molar-refractivity contribution in [1.82, 2.24) is 14.8 Å². The largest absolute Gasteiger partial charge is 0.335 e. The van der Waals surface area contributed by atoms with Gasteiger partial charge in [-0.2, -0.15) is 0 Å². The SMILES string of the molecule is O=C1NC(=O)[C@@](Cc2cccs2)(CN2C[C@H]3C[C@@H](C2)c2cccc(=O)n2C3)C(=O)N1c1ccccc1. The number of thiophene rings is 1. The Kier molecular flexibility index (Phi) is 5.61. The number of carbonyl (C=O) groups excluding carboxylic acids is 3. The lowest BCUT2D eigenvalue weighted by Crippen LogP contribution is -2.68. The van der Waals surface area contributed by atoms with Gasteiger partial charge in [-0.25, -0.2) is 9.69 Å². The van der Waals surface area contributed by atoms with Gasteiger partial charge < -0.3 is 9.47 Å². The Morgan fingerprint density at radius 2 is 1.75 bits per heavy atom. The van der Waals surface area contributed by atoms with E-state index in [1.165, 1.54) is 11.3 Å². The first kappa shape index (κ1) is 22.9. The van der Waals surface area contributed by atoms with Crippen molar-refractivity contribution in [3.8, 4) is 0 Å². The van der Waals surface area contributed by atoms with Crippen molar-refractivity contribution in [1.29, 1.82) is 0 Å². The van der Waals surface area contributed by atoms with Crippen LogP contribution in [0.2, 0.25) is 0 Å². The van der Waals surface area contributed by atoms with Gasteiger partial charge in [0.15, 0.2) is 0 Å². The van der Waals surface area contributed by atoms with Crippen molar-refractivity contribution in [2.75, 3.05) is 24.5 Å². The van der Waals surface area contributed by atoms with Gasteiger partial charge in [0, 0.05) is 55.2 Å². The molecule has 2 aromatic heterocycles. The number of anilines is 1. The highest BCUT2D eigenvalue weighted by Gasteiger charge is 2.56. The van der Waals surface area contributed by atoms with Gasteiger partial charge in [0.25, 0.3) is 11.5 Å². The second-order valence-corrected chi connectivity index (χ2v) is 11.0. The molecule has 2 fully saturated rings. The number of rotatable bonds is 5. The van der Waals surface area contributed by atoms with E-state index in [4.69, 9.17) is 0 Å². The van der Waals surface area contributed by atoms with Gasteiger partial charge in [-0.3, -0.25) is 19.7 Å². The number of pyridine rings is 1. The molecule has 0 spiro atoms. The number of likely N-dealkylation sites (tertiary alicyclic amines) is 1. The van der Waals surface area contributed by atoms with Crippen molar-refractivity contribution in [2.45, 2.75) is 25.3 Å². The summed E-state index contributed by atoms with van der Waals surface area (Å²) in [5, 5.41) is 4.41. The number of nitrogens with one attached hydrogen (secondary N) is 1. The summed E-state index contributed by atoms with van der Waals surface area (Å²) in [6, 6.07) is 17.2. The van der Waals surface area contributed by atoms with Crippen LogP contribution in [0.3, 0.4) is 0 Å². The van der Waals surface area contributed by atoms with Crippen LogP contribution in [0.15, 0.2) is 70.8 Å². The molecule has 2 bridgehead atoms. The minimum Gasteiger partial charge on any atom is -0.312 e. The molecule has 8 nitrogen and oxygen atoms in total. The first-order valence-corrected chi connectivity index (χ1v) is 13.0. The molecule has 3 atom stereocenters. The summed E-state index contributed by atoms with van der Waals surface area (Å²) in [4.78, 5) is 57.2. The van der Waals surface area contributed by atoms with Gasteiger partial charge in [-0.05, 0) is 42.0 Å². The summed E-state index contributed by atoms with van der Waals surface area (Å²) in [5.74, 6) is -0.642. The Balaban J connectivity index is 1.36. The molecule has 3 aromatic rings. The molecule has 5 heterocycles. The monoisotopic (exact) mass is 502 g/mol. The van der Waals surface area contributed by atoms with Crippen LogP contribution < -0.4 is 15.8 Å². The van der Waals surface area contributed by atoms with E-state index in [9.17, 15) is 19.2 Å². The fourth-order valence-corrected chi connectivity index (χ4v) is 6.87. The topological polar surface area (TPSA) is 91.7 Å². The second kappa shape index (κ2) is 8.83. The number of aromatic nitrogens is 1. The van der Waals surface area contributed by atoms with Gasteiger partial charge in [-0.1, -0.05) is 30.3 Å². The van der Waals surface area contributed by atoms with E-state index in [1.54, 1.807) is 36.4 Å². The number of carbonyl (C=O) groups is 3. The first-order chi connectivity index (χ1) is 17.4. The minimum absolute atomic E-state index is 0.0173. The van der Waals surface area contributed by atoms with Crippen molar-refractivity contribution in [3.05, 3.63) is 87.0 Å². The van der Waals surface area contributed by atoms with Crippen molar-refractivity contribution >= 4 is 34.9 Å². The van der Waals surface area contributed by atoms with Crippen LogP contribution in [0.4, 0.5) is 10.5 Å². The molecule has 6 rings (SSSR count). The standard InChI is InChI=1S/C27H26N4O4S/c32-23-10-4-9-22-19-12-18(15-30(22)23)14-29(16-19)17-27(13-21-8-5-11-36-21)24(33)28-26(35)31(25(27)34)20-6-2-1-3-7-20/h1-11,18-19H,12-17H2,(H,28,33,35)/t18-,19+,27-/m1/s1. The second-order valence-electron chi connectivity index (χ2n) is 9.97. The lowest BCUT2D eigenvalue weighted by molar-refractivity contribution is -0.144. The maximum Gasteiger partial charge on any atom is 0.335 e. The van der Waals surface area contributed by atoms with E-state index in [1.807, 2.05) is 34.2 Å². The van der Waals surface area contributed by atoms with E-state index in [0.717, 1.165) is 21.9 Å². The lowest BCUT2D eigenvalue weighted by atomic mass is 9.77. The molecule has 3 aliphatic rings. The average molecular weight is 503 g/mol. The van der Waals surface area contributed by atoms with E-state index in [2.05, 4.69) is 10.2 Å². The van der Waals surface area contributed by atoms with Crippen molar-refractivity contribution in [2.24, 2.45) is 11.3 Å². The number of fused-ring (bicyclic) bond motifs is 4. The molecule has 3 aliphatic heterocycles. The number of amides is 4. The third-order valence-corrected chi connectivity index (χ3v) is 8.47. The van der Waals surface area contributed by atoms with Crippen LogP contribution in [0, 0.1) is 11.3 Å². The predicted octanol–water partition coefficient (Wildman–Crippen LogP) is 2.84. The summed E-state index contributed by atoms with van der Waals surface area (Å²) >= 11 is 1.50. The fourth-order valence-electron chi connectivity index (χ4n) is 6.06. The lowest BCUT2D eigenvalue weighted by Gasteiger charge is -2.47. The Morgan fingerprint density at radius 1 is 0.917 bits per heavy atom. The number of urea groups is 1. The number of hydrogen-bond acceptors (Lipinski definition) is 6. The van der Waals surface area contributed by atoms with Gasteiger partial charge in [0.1, 0.15) is 5.41 Å². The molecule has 0 saturated carbocycles. The number of piperidine rings is 1. The zero-order valence-corrected chi connectivity index (χ0v) is 20.4. The molecule has 1 N–H and O–H groups in total. The molecule has 36 heavy (non-hydrogen) atoms. The van der Waals surface area contributed by atoms with E-state index < -0.39 is 23.3 Å². The summed E-state index contributed by atoms with van der Waals surface area (Å²) in [7, 11) is 0. The molecule has 9 heteroatoms. The Hall–Kier alpha value is -3.56. The molecule has 4 amide bonds. The maximum absolute atomic E-state index is 14.1. The molecule has 0 radical (unpaired) electrons. The number of barbiturate groups is 1. The van der Waals surface area contributed by atoms with Crippen LogP contribution in [0.25, 0.3) is 0 Å². The summed E-state index contributed by atoms with van der Waals surface area (Å²) in [6.45, 7) is 2.17. The van der Waals surface area contributed by atoms with Crippen LogP contribution in [-0.2, 0) is 22.6 Å². The Morgan fingerprint density at radius 3 is 2.53 bits per heavy atom. The van der Waals surface area contributed by atoms with E-state index in [-0.39, 0.29) is 30.4 Å². The fraction of sp³-hybridized carbons (Fsp3) is 0.333. The van der Waals surface area contributed by atoms with Crippen LogP contribution in [0.1, 0.15) is 22.9 Å². The summed E-state index contributed by atoms with van der Waals surface area (Å²) in [5.41, 5.74) is 0.0168. The Labute approximate surface area is 212 Å².